The van der Waals surface area contributed by atoms with E-state index in [0.717, 1.165) is 55.3 Å². The molecule has 2 aromatic carbocycles. The zero-order valence-corrected chi connectivity index (χ0v) is 18.1. The zero-order valence-electron chi connectivity index (χ0n) is 17.3. The molecular weight excluding hydrogens is 392 g/mol. The predicted octanol–water partition coefficient (Wildman–Crippen LogP) is 4.76. The van der Waals surface area contributed by atoms with Crippen LogP contribution >= 0.6 is 11.3 Å². The second kappa shape index (κ2) is 7.95. The largest absolute Gasteiger partial charge is 0.342 e. The summed E-state index contributed by atoms with van der Waals surface area (Å²) in [7, 11) is 0. The van der Waals surface area contributed by atoms with E-state index in [1.807, 2.05) is 23.4 Å². The monoisotopic (exact) mass is 418 g/mol. The van der Waals surface area contributed by atoms with Crippen LogP contribution in [0.5, 0.6) is 0 Å². The third-order valence-corrected chi connectivity index (χ3v) is 7.69. The normalized spacial score (nSPS) is 18.2. The molecule has 1 aliphatic heterocycles. The van der Waals surface area contributed by atoms with Crippen molar-refractivity contribution < 1.29 is 9.59 Å². The molecule has 0 radical (unpaired) electrons. The van der Waals surface area contributed by atoms with Crippen molar-refractivity contribution in [3.63, 3.8) is 0 Å². The topological polar surface area (TPSA) is 50.3 Å². The molecular formula is C25H26N2O2S. The molecule has 1 amide bonds. The number of aryl methyl sites for hydroxylation is 4. The number of Topliss-reactive ketones (excluding diaryl/α,β-unsaturated/α-hetero) is 1. The van der Waals surface area contributed by atoms with Gasteiger partial charge in [0.1, 0.15) is 0 Å². The number of nitrogens with zero attached hydrogens (tertiary/aromatic N) is 2. The minimum Gasteiger partial charge on any atom is -0.342 e. The Balaban J connectivity index is 1.32. The van der Waals surface area contributed by atoms with E-state index < -0.39 is 0 Å². The van der Waals surface area contributed by atoms with Crippen molar-refractivity contribution in [1.82, 2.24) is 9.88 Å². The van der Waals surface area contributed by atoms with E-state index in [-0.39, 0.29) is 17.6 Å². The lowest BCUT2D eigenvalue weighted by Gasteiger charge is -2.32. The van der Waals surface area contributed by atoms with Crippen LogP contribution in [0.25, 0.3) is 10.8 Å². The van der Waals surface area contributed by atoms with Gasteiger partial charge in [-0.15, -0.1) is 11.3 Å². The Morgan fingerprint density at radius 2 is 2.00 bits per heavy atom. The lowest BCUT2D eigenvalue weighted by Crippen LogP contribution is -2.42. The number of amides is 1. The van der Waals surface area contributed by atoms with Crippen molar-refractivity contribution in [3.8, 4) is 0 Å². The summed E-state index contributed by atoms with van der Waals surface area (Å²) in [6, 6.07) is 10.5. The fourth-order valence-corrected chi connectivity index (χ4v) is 5.83. The summed E-state index contributed by atoms with van der Waals surface area (Å²) in [5, 5.41) is 2.38. The Morgan fingerprint density at radius 1 is 1.17 bits per heavy atom. The van der Waals surface area contributed by atoms with Crippen LogP contribution < -0.4 is 0 Å². The van der Waals surface area contributed by atoms with Gasteiger partial charge in [0.15, 0.2) is 5.78 Å². The van der Waals surface area contributed by atoms with Crippen molar-refractivity contribution in [1.29, 1.82) is 0 Å². The predicted molar refractivity (Wildman–Crippen MR) is 120 cm³/mol. The van der Waals surface area contributed by atoms with Gasteiger partial charge < -0.3 is 4.90 Å². The van der Waals surface area contributed by atoms with E-state index >= 15 is 0 Å². The molecule has 30 heavy (non-hydrogen) atoms. The van der Waals surface area contributed by atoms with Gasteiger partial charge in [0.05, 0.1) is 11.2 Å². The number of carbonyl (C=O) groups excluding carboxylic acids is 2. The Bertz CT molecular complexity index is 1120. The maximum atomic E-state index is 13.5. The Labute approximate surface area is 180 Å². The first kappa shape index (κ1) is 19.4. The number of rotatable bonds is 5. The fraction of sp³-hybridized carbons (Fsp3) is 0.400. The van der Waals surface area contributed by atoms with Gasteiger partial charge in [-0.2, -0.15) is 0 Å². The molecule has 0 bridgehead atoms. The Hall–Kier alpha value is -2.53. The highest BCUT2D eigenvalue weighted by molar-refractivity contribution is 7.09. The van der Waals surface area contributed by atoms with Crippen LogP contribution in [0, 0.1) is 12.8 Å². The average Bonchev–Trinajstić information content (AvgIpc) is 3.39. The van der Waals surface area contributed by atoms with Gasteiger partial charge in [-0.1, -0.05) is 30.3 Å². The van der Waals surface area contributed by atoms with Gasteiger partial charge >= 0.3 is 0 Å². The summed E-state index contributed by atoms with van der Waals surface area (Å²) in [6.07, 6.45) is 5.11. The SMILES string of the molecule is Cc1ncsc1CCC(=O)N1CCCC(C(=O)c2ccc3c4c(cccc24)CC3)C1. The summed E-state index contributed by atoms with van der Waals surface area (Å²) in [5.41, 5.74) is 6.40. The van der Waals surface area contributed by atoms with Crippen molar-refractivity contribution >= 4 is 33.8 Å². The van der Waals surface area contributed by atoms with Gasteiger partial charge in [0.2, 0.25) is 5.91 Å². The molecule has 0 spiro atoms. The molecule has 1 saturated heterocycles. The number of carbonyl (C=O) groups is 2. The molecule has 1 aliphatic carbocycles. The highest BCUT2D eigenvalue weighted by Crippen LogP contribution is 2.34. The van der Waals surface area contributed by atoms with Gasteiger partial charge in [0, 0.05) is 35.9 Å². The smallest absolute Gasteiger partial charge is 0.222 e. The second-order valence-corrected chi connectivity index (χ2v) is 9.46. The maximum Gasteiger partial charge on any atom is 0.222 e. The van der Waals surface area contributed by atoms with Crippen molar-refractivity contribution in [3.05, 3.63) is 63.1 Å². The first-order chi connectivity index (χ1) is 14.6. The number of hydrogen-bond acceptors (Lipinski definition) is 4. The van der Waals surface area contributed by atoms with E-state index in [1.165, 1.54) is 21.4 Å². The minimum atomic E-state index is -0.105. The Morgan fingerprint density at radius 3 is 2.80 bits per heavy atom. The fourth-order valence-electron chi connectivity index (χ4n) is 5.04. The lowest BCUT2D eigenvalue weighted by atomic mass is 9.87. The molecule has 5 heteroatoms. The molecule has 2 heterocycles. The molecule has 0 saturated carbocycles. The summed E-state index contributed by atoms with van der Waals surface area (Å²) in [5.74, 6) is 0.244. The van der Waals surface area contributed by atoms with Gasteiger partial charge in [-0.05, 0) is 60.9 Å². The molecule has 1 unspecified atom stereocenters. The number of piperidine rings is 1. The summed E-state index contributed by atoms with van der Waals surface area (Å²) >= 11 is 1.61. The maximum absolute atomic E-state index is 13.5. The highest BCUT2D eigenvalue weighted by atomic mass is 32.1. The van der Waals surface area contributed by atoms with Crippen LogP contribution in [0.2, 0.25) is 0 Å². The van der Waals surface area contributed by atoms with E-state index in [1.54, 1.807) is 11.3 Å². The van der Waals surface area contributed by atoms with Gasteiger partial charge in [0.25, 0.3) is 0 Å². The van der Waals surface area contributed by atoms with Crippen LogP contribution in [-0.2, 0) is 24.1 Å². The number of aromatic nitrogens is 1. The molecule has 1 atom stereocenters. The average molecular weight is 419 g/mol. The van der Waals surface area contributed by atoms with E-state index in [0.29, 0.717) is 13.0 Å². The van der Waals surface area contributed by atoms with E-state index in [9.17, 15) is 9.59 Å². The lowest BCUT2D eigenvalue weighted by molar-refractivity contribution is -0.132. The third kappa shape index (κ3) is 3.45. The number of ketones is 1. The standard InChI is InChI=1S/C25H26N2O2S/c1-16-22(30-15-26-16)11-12-23(28)27-13-3-5-19(14-27)25(29)21-10-9-18-8-7-17-4-2-6-20(21)24(17)18/h2,4,6,9-10,15,19H,3,5,7-8,11-14H2,1H3. The number of thiazole rings is 1. The third-order valence-electron chi connectivity index (χ3n) is 6.70. The van der Waals surface area contributed by atoms with Crippen molar-refractivity contribution in [2.45, 2.75) is 45.4 Å². The first-order valence-electron chi connectivity index (χ1n) is 10.9. The summed E-state index contributed by atoms with van der Waals surface area (Å²) in [6.45, 7) is 3.29. The number of benzene rings is 2. The molecule has 2 aliphatic rings. The second-order valence-electron chi connectivity index (χ2n) is 8.52. The van der Waals surface area contributed by atoms with Gasteiger partial charge in [-0.25, -0.2) is 4.98 Å². The van der Waals surface area contributed by atoms with Crippen LogP contribution in [0.4, 0.5) is 0 Å². The first-order valence-corrected chi connectivity index (χ1v) is 11.7. The molecule has 4 nitrogen and oxygen atoms in total. The zero-order chi connectivity index (χ0) is 20.7. The van der Waals surface area contributed by atoms with Gasteiger partial charge in [-0.3, -0.25) is 9.59 Å². The Kier molecular flexibility index (Phi) is 5.15. The molecule has 1 aromatic heterocycles. The van der Waals surface area contributed by atoms with Crippen molar-refractivity contribution in [2.75, 3.05) is 13.1 Å². The molecule has 5 rings (SSSR count). The van der Waals surface area contributed by atoms with Crippen LogP contribution in [0.15, 0.2) is 35.8 Å². The minimum absolute atomic E-state index is 0.105. The van der Waals surface area contributed by atoms with E-state index in [2.05, 4.69) is 29.2 Å². The molecule has 0 N–H and O–H groups in total. The van der Waals surface area contributed by atoms with Crippen LogP contribution in [0.3, 0.4) is 0 Å². The molecule has 3 aromatic rings. The van der Waals surface area contributed by atoms with E-state index in [4.69, 9.17) is 0 Å². The van der Waals surface area contributed by atoms with Crippen LogP contribution in [-0.4, -0.2) is 34.7 Å². The van der Waals surface area contributed by atoms with Crippen molar-refractivity contribution in [2.24, 2.45) is 5.92 Å². The summed E-state index contributed by atoms with van der Waals surface area (Å²) in [4.78, 5) is 33.6. The number of likely N-dealkylation sites (tertiary alicyclic amines) is 1. The highest BCUT2D eigenvalue weighted by Gasteiger charge is 2.30. The summed E-state index contributed by atoms with van der Waals surface area (Å²) < 4.78 is 0. The van der Waals surface area contributed by atoms with Crippen LogP contribution in [0.1, 0.15) is 51.3 Å². The number of hydrogen-bond donors (Lipinski definition) is 0. The quantitative estimate of drug-likeness (QED) is 0.562. The molecule has 1 fully saturated rings. The molecule has 154 valence electrons.